The van der Waals surface area contributed by atoms with E-state index in [1.165, 1.54) is 0 Å². The molecule has 1 fully saturated rings. The Morgan fingerprint density at radius 3 is 2.89 bits per heavy atom. The molecule has 5 heteroatoms. The number of carbonyl (C=O) groups is 1. The van der Waals surface area contributed by atoms with Crippen molar-refractivity contribution in [1.82, 2.24) is 0 Å². The van der Waals surface area contributed by atoms with Crippen LogP contribution in [0.1, 0.15) is 31.2 Å². The molecule has 0 aliphatic heterocycles. The number of aliphatic carboxylic acids is 1. The molecule has 0 saturated heterocycles. The maximum Gasteiger partial charge on any atom is 0.306 e. The van der Waals surface area contributed by atoms with Gasteiger partial charge in [0.15, 0.2) is 0 Å². The standard InChI is InChI=1S/C14H17BrClNO2/c1-8-5-11(15)13(7-12(8)16)17-10-4-2-3-9(6-10)14(18)19/h5,7,9-10,17H,2-4,6H2,1H3,(H,18,19). The van der Waals surface area contributed by atoms with Gasteiger partial charge in [-0.1, -0.05) is 18.0 Å². The van der Waals surface area contributed by atoms with E-state index in [4.69, 9.17) is 16.7 Å². The highest BCUT2D eigenvalue weighted by Crippen LogP contribution is 2.32. The summed E-state index contributed by atoms with van der Waals surface area (Å²) in [7, 11) is 0. The zero-order valence-corrected chi connectivity index (χ0v) is 13.1. The van der Waals surface area contributed by atoms with E-state index in [1.54, 1.807) is 0 Å². The van der Waals surface area contributed by atoms with Gasteiger partial charge in [-0.3, -0.25) is 4.79 Å². The van der Waals surface area contributed by atoms with Crippen molar-refractivity contribution in [3.05, 3.63) is 27.2 Å². The van der Waals surface area contributed by atoms with Gasteiger partial charge in [0.1, 0.15) is 0 Å². The van der Waals surface area contributed by atoms with Crippen LogP contribution in [0.2, 0.25) is 5.02 Å². The van der Waals surface area contributed by atoms with E-state index in [9.17, 15) is 4.79 Å². The molecule has 0 heterocycles. The topological polar surface area (TPSA) is 49.3 Å². The van der Waals surface area contributed by atoms with Crippen molar-refractivity contribution in [2.45, 2.75) is 38.6 Å². The summed E-state index contributed by atoms with van der Waals surface area (Å²) >= 11 is 9.64. The molecule has 2 rings (SSSR count). The van der Waals surface area contributed by atoms with E-state index in [-0.39, 0.29) is 12.0 Å². The Hall–Kier alpha value is -0.740. The average Bonchev–Trinajstić information content (AvgIpc) is 2.36. The van der Waals surface area contributed by atoms with Crippen molar-refractivity contribution in [3.63, 3.8) is 0 Å². The van der Waals surface area contributed by atoms with E-state index in [0.29, 0.717) is 6.42 Å². The number of anilines is 1. The first-order chi connectivity index (χ1) is 8.97. The quantitative estimate of drug-likeness (QED) is 0.849. The normalized spacial score (nSPS) is 23.1. The summed E-state index contributed by atoms with van der Waals surface area (Å²) in [5.41, 5.74) is 1.96. The van der Waals surface area contributed by atoms with E-state index in [2.05, 4.69) is 21.2 Å². The Morgan fingerprint density at radius 1 is 1.47 bits per heavy atom. The Bertz CT molecular complexity index is 493. The summed E-state index contributed by atoms with van der Waals surface area (Å²) in [4.78, 5) is 11.1. The van der Waals surface area contributed by atoms with E-state index in [0.717, 1.165) is 40.0 Å². The molecule has 0 aromatic heterocycles. The predicted molar refractivity (Wildman–Crippen MR) is 80.9 cm³/mol. The maximum absolute atomic E-state index is 11.1. The molecule has 0 spiro atoms. The summed E-state index contributed by atoms with van der Waals surface area (Å²) in [6, 6.07) is 4.07. The molecule has 1 saturated carbocycles. The maximum atomic E-state index is 11.1. The van der Waals surface area contributed by atoms with Gasteiger partial charge in [0, 0.05) is 15.5 Å². The molecule has 0 bridgehead atoms. The molecule has 2 unspecified atom stereocenters. The van der Waals surface area contributed by atoms with Crippen molar-refractivity contribution in [2.24, 2.45) is 5.92 Å². The van der Waals surface area contributed by atoms with Crippen molar-refractivity contribution < 1.29 is 9.90 Å². The van der Waals surface area contributed by atoms with Gasteiger partial charge in [-0.25, -0.2) is 0 Å². The Morgan fingerprint density at radius 2 is 2.21 bits per heavy atom. The van der Waals surface area contributed by atoms with Gasteiger partial charge >= 0.3 is 5.97 Å². The Labute approximate surface area is 126 Å². The largest absolute Gasteiger partial charge is 0.481 e. The molecule has 3 nitrogen and oxygen atoms in total. The monoisotopic (exact) mass is 345 g/mol. The molecule has 104 valence electrons. The van der Waals surface area contributed by atoms with Crippen molar-refractivity contribution in [2.75, 3.05) is 5.32 Å². The van der Waals surface area contributed by atoms with Crippen LogP contribution >= 0.6 is 27.5 Å². The van der Waals surface area contributed by atoms with Gasteiger partial charge in [-0.2, -0.15) is 0 Å². The SMILES string of the molecule is Cc1cc(Br)c(NC2CCCC(C(=O)O)C2)cc1Cl. The van der Waals surface area contributed by atoms with Crippen molar-refractivity contribution in [3.8, 4) is 0 Å². The number of carboxylic acids is 1. The van der Waals surface area contributed by atoms with Gasteiger partial charge in [-0.05, 0) is 59.8 Å². The van der Waals surface area contributed by atoms with Crippen molar-refractivity contribution in [1.29, 1.82) is 0 Å². The molecule has 1 aliphatic rings. The fourth-order valence-electron chi connectivity index (χ4n) is 2.52. The summed E-state index contributed by atoms with van der Waals surface area (Å²) in [5.74, 6) is -0.918. The summed E-state index contributed by atoms with van der Waals surface area (Å²) in [6.45, 7) is 1.96. The number of halogens is 2. The highest BCUT2D eigenvalue weighted by molar-refractivity contribution is 9.10. The van der Waals surface area contributed by atoms with Gasteiger partial charge < -0.3 is 10.4 Å². The first kappa shape index (κ1) is 14.7. The highest BCUT2D eigenvalue weighted by atomic mass is 79.9. The Kier molecular flexibility index (Phi) is 4.74. The van der Waals surface area contributed by atoms with Gasteiger partial charge in [0.05, 0.1) is 11.6 Å². The lowest BCUT2D eigenvalue weighted by Gasteiger charge is -2.28. The molecule has 1 aliphatic carbocycles. The number of aryl methyl sites for hydroxylation is 1. The number of benzene rings is 1. The number of nitrogens with one attached hydrogen (secondary N) is 1. The second-order valence-corrected chi connectivity index (χ2v) is 6.39. The zero-order chi connectivity index (χ0) is 14.0. The van der Waals surface area contributed by atoms with E-state index in [1.807, 2.05) is 19.1 Å². The highest BCUT2D eigenvalue weighted by Gasteiger charge is 2.27. The van der Waals surface area contributed by atoms with Gasteiger partial charge in [-0.15, -0.1) is 0 Å². The van der Waals surface area contributed by atoms with Gasteiger partial charge in [0.2, 0.25) is 0 Å². The molecule has 1 aromatic carbocycles. The molecule has 19 heavy (non-hydrogen) atoms. The molecular formula is C14H17BrClNO2. The summed E-state index contributed by atoms with van der Waals surface area (Å²) in [5, 5.41) is 13.2. The van der Waals surface area contributed by atoms with Crippen LogP contribution in [0.3, 0.4) is 0 Å². The molecule has 2 atom stereocenters. The van der Waals surface area contributed by atoms with Crippen LogP contribution in [-0.2, 0) is 4.79 Å². The number of rotatable bonds is 3. The fraction of sp³-hybridized carbons (Fsp3) is 0.500. The van der Waals surface area contributed by atoms with Crippen LogP contribution in [0, 0.1) is 12.8 Å². The minimum absolute atomic E-state index is 0.199. The average molecular weight is 347 g/mol. The first-order valence-electron chi connectivity index (χ1n) is 6.42. The molecular weight excluding hydrogens is 330 g/mol. The molecule has 2 N–H and O–H groups in total. The lowest BCUT2D eigenvalue weighted by Crippen LogP contribution is -2.31. The third kappa shape index (κ3) is 3.63. The predicted octanol–water partition coefficient (Wildman–Crippen LogP) is 4.47. The molecule has 1 aromatic rings. The molecule has 0 radical (unpaired) electrons. The minimum Gasteiger partial charge on any atom is -0.481 e. The fourth-order valence-corrected chi connectivity index (χ4v) is 3.26. The second kappa shape index (κ2) is 6.14. The Balaban J connectivity index is 2.08. The smallest absolute Gasteiger partial charge is 0.306 e. The summed E-state index contributed by atoms with van der Waals surface area (Å²) < 4.78 is 0.965. The van der Waals surface area contributed by atoms with Crippen molar-refractivity contribution >= 4 is 39.2 Å². The third-order valence-corrected chi connectivity index (χ3v) is 4.69. The van der Waals surface area contributed by atoms with E-state index >= 15 is 0 Å². The lowest BCUT2D eigenvalue weighted by atomic mass is 9.85. The lowest BCUT2D eigenvalue weighted by molar-refractivity contribution is -0.142. The first-order valence-corrected chi connectivity index (χ1v) is 7.59. The summed E-state index contributed by atoms with van der Waals surface area (Å²) in [6.07, 6.45) is 3.41. The van der Waals surface area contributed by atoms with E-state index < -0.39 is 5.97 Å². The van der Waals surface area contributed by atoms with Crippen LogP contribution in [0.25, 0.3) is 0 Å². The van der Waals surface area contributed by atoms with Crippen LogP contribution in [0.15, 0.2) is 16.6 Å². The van der Waals surface area contributed by atoms with Crippen LogP contribution in [0.4, 0.5) is 5.69 Å². The number of hydrogen-bond donors (Lipinski definition) is 2. The van der Waals surface area contributed by atoms with Crippen LogP contribution < -0.4 is 5.32 Å². The number of hydrogen-bond acceptors (Lipinski definition) is 2. The van der Waals surface area contributed by atoms with Gasteiger partial charge in [0.25, 0.3) is 0 Å². The zero-order valence-electron chi connectivity index (χ0n) is 10.7. The second-order valence-electron chi connectivity index (χ2n) is 5.12. The van der Waals surface area contributed by atoms with Crippen LogP contribution in [0.5, 0.6) is 0 Å². The third-order valence-electron chi connectivity index (χ3n) is 3.63. The number of carboxylic acid groups (broad SMARTS) is 1. The minimum atomic E-state index is -0.687. The molecule has 0 amide bonds. The van der Waals surface area contributed by atoms with Crippen LogP contribution in [-0.4, -0.2) is 17.1 Å².